The molecule has 1 amide bonds. The van der Waals surface area contributed by atoms with Gasteiger partial charge >= 0.3 is 6.18 Å². The standard InChI is InChI=1S/C25H28F4N2O3/c1-17(21-7-2-3-8-22(21)26)30-23(32)24(10-13-33-14-11-24)31-12-9-20(16-31)34-19-6-4-5-18(15-19)25(27,28)29/h2-8,15,17,20H,9-14,16H2,1H3,(H,30,32)/t17-,20?/m0/s1. The Balaban J connectivity index is 1.47. The lowest BCUT2D eigenvalue weighted by Crippen LogP contribution is -2.61. The summed E-state index contributed by atoms with van der Waals surface area (Å²) in [5, 5.41) is 2.97. The summed E-state index contributed by atoms with van der Waals surface area (Å²) in [6.45, 7) is 3.53. The van der Waals surface area contributed by atoms with Crippen molar-refractivity contribution in [3.8, 4) is 5.75 Å². The molecule has 2 aliphatic rings. The van der Waals surface area contributed by atoms with Gasteiger partial charge in [-0.3, -0.25) is 9.69 Å². The van der Waals surface area contributed by atoms with Crippen LogP contribution in [0.25, 0.3) is 0 Å². The van der Waals surface area contributed by atoms with E-state index < -0.39 is 23.3 Å². The van der Waals surface area contributed by atoms with E-state index in [1.807, 2.05) is 4.90 Å². The Bertz CT molecular complexity index is 1010. The van der Waals surface area contributed by atoms with Crippen LogP contribution in [0.5, 0.6) is 5.75 Å². The maximum atomic E-state index is 14.2. The summed E-state index contributed by atoms with van der Waals surface area (Å²) in [6.07, 6.45) is -3.27. The number of rotatable bonds is 6. The van der Waals surface area contributed by atoms with Gasteiger partial charge in [0, 0.05) is 31.9 Å². The van der Waals surface area contributed by atoms with Crippen molar-refractivity contribution in [1.29, 1.82) is 0 Å². The zero-order valence-corrected chi connectivity index (χ0v) is 18.9. The summed E-state index contributed by atoms with van der Waals surface area (Å²) in [5.41, 5.74) is -1.20. The monoisotopic (exact) mass is 480 g/mol. The lowest BCUT2D eigenvalue weighted by molar-refractivity contribution is -0.141. The number of halogens is 4. The molecule has 9 heteroatoms. The number of nitrogens with one attached hydrogen (secondary N) is 1. The maximum Gasteiger partial charge on any atom is 0.416 e. The highest BCUT2D eigenvalue weighted by molar-refractivity contribution is 5.87. The fraction of sp³-hybridized carbons (Fsp3) is 0.480. The van der Waals surface area contributed by atoms with Crippen molar-refractivity contribution in [3.63, 3.8) is 0 Å². The number of alkyl halides is 3. The molecule has 5 nitrogen and oxygen atoms in total. The highest BCUT2D eigenvalue weighted by Crippen LogP contribution is 2.35. The van der Waals surface area contributed by atoms with Crippen molar-refractivity contribution in [2.75, 3.05) is 26.3 Å². The van der Waals surface area contributed by atoms with Crippen LogP contribution in [0.3, 0.4) is 0 Å². The number of hydrogen-bond donors (Lipinski definition) is 1. The summed E-state index contributed by atoms with van der Waals surface area (Å²) in [6, 6.07) is 10.6. The summed E-state index contributed by atoms with van der Waals surface area (Å²) in [4.78, 5) is 15.6. The maximum absolute atomic E-state index is 14.2. The third kappa shape index (κ3) is 5.20. The number of ether oxygens (including phenoxy) is 2. The van der Waals surface area contributed by atoms with Crippen molar-refractivity contribution in [1.82, 2.24) is 10.2 Å². The van der Waals surface area contributed by atoms with Gasteiger partial charge in [0.05, 0.1) is 11.6 Å². The first-order valence-electron chi connectivity index (χ1n) is 11.4. The molecule has 1 unspecified atom stereocenters. The van der Waals surface area contributed by atoms with Gasteiger partial charge in [0.2, 0.25) is 5.91 Å². The first-order valence-corrected chi connectivity index (χ1v) is 11.4. The Morgan fingerprint density at radius 1 is 1.18 bits per heavy atom. The minimum Gasteiger partial charge on any atom is -0.489 e. The van der Waals surface area contributed by atoms with Crippen molar-refractivity contribution in [2.45, 2.75) is 50.0 Å². The van der Waals surface area contributed by atoms with Crippen LogP contribution in [0.4, 0.5) is 17.6 Å². The quantitative estimate of drug-likeness (QED) is 0.608. The fourth-order valence-electron chi connectivity index (χ4n) is 4.78. The highest BCUT2D eigenvalue weighted by atomic mass is 19.4. The van der Waals surface area contributed by atoms with E-state index in [0.29, 0.717) is 51.1 Å². The van der Waals surface area contributed by atoms with Crippen molar-refractivity contribution in [3.05, 3.63) is 65.5 Å². The van der Waals surface area contributed by atoms with Crippen LogP contribution in [0.1, 0.15) is 43.4 Å². The van der Waals surface area contributed by atoms with Gasteiger partial charge in [-0.25, -0.2) is 4.39 Å². The number of likely N-dealkylation sites (tertiary alicyclic amines) is 1. The predicted octanol–water partition coefficient (Wildman–Crippen LogP) is 4.72. The van der Waals surface area contributed by atoms with Crippen LogP contribution in [-0.2, 0) is 15.7 Å². The summed E-state index contributed by atoms with van der Waals surface area (Å²) in [7, 11) is 0. The number of carbonyl (C=O) groups excluding carboxylic acids is 1. The molecular formula is C25H28F4N2O3. The third-order valence-corrected chi connectivity index (χ3v) is 6.68. The van der Waals surface area contributed by atoms with Crippen LogP contribution >= 0.6 is 0 Å². The largest absolute Gasteiger partial charge is 0.489 e. The summed E-state index contributed by atoms with van der Waals surface area (Å²) < 4.78 is 64.7. The Morgan fingerprint density at radius 2 is 1.91 bits per heavy atom. The van der Waals surface area contributed by atoms with E-state index in [9.17, 15) is 22.4 Å². The molecule has 34 heavy (non-hydrogen) atoms. The van der Waals surface area contributed by atoms with Gasteiger partial charge < -0.3 is 14.8 Å². The number of carbonyl (C=O) groups is 1. The molecule has 2 heterocycles. The van der Waals surface area contributed by atoms with Gasteiger partial charge in [0.15, 0.2) is 0 Å². The molecule has 0 bridgehead atoms. The topological polar surface area (TPSA) is 50.8 Å². The molecule has 0 aliphatic carbocycles. The number of amides is 1. The molecule has 0 spiro atoms. The minimum atomic E-state index is -4.44. The summed E-state index contributed by atoms with van der Waals surface area (Å²) >= 11 is 0. The lowest BCUT2D eigenvalue weighted by Gasteiger charge is -2.43. The third-order valence-electron chi connectivity index (χ3n) is 6.68. The molecule has 2 fully saturated rings. The van der Waals surface area contributed by atoms with Crippen LogP contribution in [-0.4, -0.2) is 48.8 Å². The molecule has 2 saturated heterocycles. The molecule has 2 aromatic carbocycles. The molecule has 2 aliphatic heterocycles. The second-order valence-electron chi connectivity index (χ2n) is 8.86. The molecule has 0 saturated carbocycles. The zero-order valence-electron chi connectivity index (χ0n) is 18.9. The lowest BCUT2D eigenvalue weighted by atomic mass is 9.86. The van der Waals surface area contributed by atoms with E-state index >= 15 is 0 Å². The molecule has 1 N–H and O–H groups in total. The van der Waals surface area contributed by atoms with Crippen LogP contribution in [0.2, 0.25) is 0 Å². The zero-order chi connectivity index (χ0) is 24.3. The van der Waals surface area contributed by atoms with Gasteiger partial charge in [-0.05, 0) is 50.5 Å². The number of hydrogen-bond acceptors (Lipinski definition) is 4. The van der Waals surface area contributed by atoms with Crippen LogP contribution in [0, 0.1) is 5.82 Å². The molecule has 0 radical (unpaired) electrons. The van der Waals surface area contributed by atoms with E-state index in [1.165, 1.54) is 18.2 Å². The van der Waals surface area contributed by atoms with Gasteiger partial charge in [0.1, 0.15) is 23.2 Å². The van der Waals surface area contributed by atoms with Crippen LogP contribution < -0.4 is 10.1 Å². The number of nitrogens with zero attached hydrogens (tertiary/aromatic N) is 1. The van der Waals surface area contributed by atoms with Gasteiger partial charge in [0.25, 0.3) is 0 Å². The molecular weight excluding hydrogens is 452 g/mol. The normalized spacial score (nSPS) is 21.7. The van der Waals surface area contributed by atoms with E-state index in [0.717, 1.165) is 12.1 Å². The second kappa shape index (κ2) is 9.92. The predicted molar refractivity (Wildman–Crippen MR) is 118 cm³/mol. The first kappa shape index (κ1) is 24.5. The van der Waals surface area contributed by atoms with E-state index in [1.54, 1.807) is 25.1 Å². The molecule has 2 atom stereocenters. The van der Waals surface area contributed by atoms with E-state index in [2.05, 4.69) is 5.32 Å². The average Bonchev–Trinajstić information content (AvgIpc) is 3.28. The minimum absolute atomic E-state index is 0.153. The van der Waals surface area contributed by atoms with E-state index in [4.69, 9.17) is 9.47 Å². The van der Waals surface area contributed by atoms with Crippen molar-refractivity contribution in [2.24, 2.45) is 0 Å². The van der Waals surface area contributed by atoms with Crippen molar-refractivity contribution >= 4 is 5.91 Å². The van der Waals surface area contributed by atoms with Gasteiger partial charge in [-0.1, -0.05) is 24.3 Å². The average molecular weight is 481 g/mol. The molecule has 2 aromatic rings. The van der Waals surface area contributed by atoms with Crippen LogP contribution in [0.15, 0.2) is 48.5 Å². The Labute approximate surface area is 196 Å². The number of benzene rings is 2. The second-order valence-corrected chi connectivity index (χ2v) is 8.86. The van der Waals surface area contributed by atoms with Crippen molar-refractivity contribution < 1.29 is 31.8 Å². The Morgan fingerprint density at radius 3 is 2.62 bits per heavy atom. The first-order chi connectivity index (χ1) is 16.2. The molecule has 184 valence electrons. The highest BCUT2D eigenvalue weighted by Gasteiger charge is 2.48. The summed E-state index contributed by atoms with van der Waals surface area (Å²) in [5.74, 6) is -0.432. The van der Waals surface area contributed by atoms with Gasteiger partial charge in [-0.15, -0.1) is 0 Å². The fourth-order valence-corrected chi connectivity index (χ4v) is 4.78. The van der Waals surface area contributed by atoms with E-state index in [-0.39, 0.29) is 23.6 Å². The smallest absolute Gasteiger partial charge is 0.416 e. The van der Waals surface area contributed by atoms with Gasteiger partial charge in [-0.2, -0.15) is 13.2 Å². The SMILES string of the molecule is C[C@H](NC(=O)C1(N2CCC(Oc3cccc(C(F)(F)F)c3)C2)CCOCC1)c1ccccc1F. The molecule has 4 rings (SSSR count). The molecule has 0 aromatic heterocycles. The Hall–Kier alpha value is -2.65. The Kier molecular flexibility index (Phi) is 7.14.